The first-order valence-corrected chi connectivity index (χ1v) is 10.6. The van der Waals surface area contributed by atoms with E-state index < -0.39 is 36.3 Å². The zero-order valence-corrected chi connectivity index (χ0v) is 19.7. The number of esters is 1. The average molecular weight is 510 g/mol. The SMILES string of the molecule is COC(=O)C1=C(C)NC(=S)N[C@H]1c1ccc(OC)c(OCC(=O)Nc2cccc(C(F)(F)F)c2)c1. The van der Waals surface area contributed by atoms with Gasteiger partial charge in [0, 0.05) is 11.4 Å². The maximum Gasteiger partial charge on any atom is 0.416 e. The van der Waals surface area contributed by atoms with Crippen molar-refractivity contribution in [3.05, 3.63) is 64.9 Å². The zero-order chi connectivity index (χ0) is 25.8. The van der Waals surface area contributed by atoms with Crippen LogP contribution in [0.15, 0.2) is 53.7 Å². The molecule has 0 fully saturated rings. The highest BCUT2D eigenvalue weighted by molar-refractivity contribution is 7.80. The Bertz CT molecular complexity index is 1180. The van der Waals surface area contributed by atoms with Crippen LogP contribution in [0.5, 0.6) is 11.5 Å². The van der Waals surface area contributed by atoms with Crippen LogP contribution in [0.4, 0.5) is 18.9 Å². The molecule has 0 radical (unpaired) electrons. The Kier molecular flexibility index (Phi) is 7.85. The summed E-state index contributed by atoms with van der Waals surface area (Å²) in [4.78, 5) is 24.7. The molecule has 1 amide bonds. The highest BCUT2D eigenvalue weighted by Crippen LogP contribution is 2.35. The molecule has 0 aliphatic carbocycles. The van der Waals surface area contributed by atoms with E-state index in [0.29, 0.717) is 27.7 Å². The van der Waals surface area contributed by atoms with Gasteiger partial charge in [-0.25, -0.2) is 4.79 Å². The van der Waals surface area contributed by atoms with Crippen molar-refractivity contribution in [2.24, 2.45) is 0 Å². The van der Waals surface area contributed by atoms with Crippen LogP contribution in [0, 0.1) is 0 Å². The van der Waals surface area contributed by atoms with Crippen LogP contribution < -0.4 is 25.4 Å². The standard InChI is InChI=1S/C23H22F3N3O5S/c1-12-19(21(31)33-3)20(29-22(35)27-12)13-7-8-16(32-2)17(9-13)34-11-18(30)28-15-6-4-5-14(10-15)23(24,25)26/h4-10,20H,11H2,1-3H3,(H,28,30)(H2,27,29,35)/t20-/m0/s1. The lowest BCUT2D eigenvalue weighted by atomic mass is 9.95. The Morgan fingerprint density at radius 1 is 1.11 bits per heavy atom. The van der Waals surface area contributed by atoms with Gasteiger partial charge >= 0.3 is 12.1 Å². The van der Waals surface area contributed by atoms with Crippen molar-refractivity contribution in [2.45, 2.75) is 19.1 Å². The predicted octanol–water partition coefficient (Wildman–Crippen LogP) is 3.70. The van der Waals surface area contributed by atoms with E-state index in [4.69, 9.17) is 26.4 Å². The van der Waals surface area contributed by atoms with Crippen molar-refractivity contribution in [3.63, 3.8) is 0 Å². The van der Waals surface area contributed by atoms with Crippen LogP contribution in [0.3, 0.4) is 0 Å². The molecule has 0 saturated heterocycles. The molecule has 1 aliphatic rings. The van der Waals surface area contributed by atoms with Gasteiger partial charge in [0.25, 0.3) is 5.91 Å². The molecule has 0 aromatic heterocycles. The largest absolute Gasteiger partial charge is 0.493 e. The number of rotatable bonds is 7. The van der Waals surface area contributed by atoms with Gasteiger partial charge in [0.15, 0.2) is 23.2 Å². The normalized spacial score (nSPS) is 15.6. The number of carbonyl (C=O) groups excluding carboxylic acids is 2. The van der Waals surface area contributed by atoms with E-state index in [9.17, 15) is 22.8 Å². The molecule has 12 heteroatoms. The number of nitrogens with one attached hydrogen (secondary N) is 3. The number of carbonyl (C=O) groups is 2. The summed E-state index contributed by atoms with van der Waals surface area (Å²) >= 11 is 5.21. The number of benzene rings is 2. The summed E-state index contributed by atoms with van der Waals surface area (Å²) in [5.74, 6) is -0.757. The summed E-state index contributed by atoms with van der Waals surface area (Å²) < 4.78 is 54.5. The number of amides is 1. The third kappa shape index (κ3) is 6.21. The second-order valence-corrected chi connectivity index (χ2v) is 7.80. The molecule has 0 spiro atoms. The Morgan fingerprint density at radius 2 is 1.86 bits per heavy atom. The fourth-order valence-electron chi connectivity index (χ4n) is 3.42. The smallest absolute Gasteiger partial charge is 0.416 e. The first kappa shape index (κ1) is 25.8. The predicted molar refractivity (Wildman–Crippen MR) is 125 cm³/mol. The molecule has 3 N–H and O–H groups in total. The summed E-state index contributed by atoms with van der Waals surface area (Å²) in [6.07, 6.45) is -4.54. The fraction of sp³-hybridized carbons (Fsp3) is 0.261. The van der Waals surface area contributed by atoms with Gasteiger partial charge < -0.3 is 30.2 Å². The van der Waals surface area contributed by atoms with E-state index in [2.05, 4.69) is 16.0 Å². The second-order valence-electron chi connectivity index (χ2n) is 7.39. The average Bonchev–Trinajstić information content (AvgIpc) is 2.81. The summed E-state index contributed by atoms with van der Waals surface area (Å²) in [5, 5.41) is 8.55. The van der Waals surface area contributed by atoms with Gasteiger partial charge in [0.1, 0.15) is 0 Å². The third-order valence-electron chi connectivity index (χ3n) is 5.03. The van der Waals surface area contributed by atoms with Gasteiger partial charge in [-0.2, -0.15) is 13.2 Å². The van der Waals surface area contributed by atoms with Crippen molar-refractivity contribution in [1.82, 2.24) is 10.6 Å². The highest BCUT2D eigenvalue weighted by Gasteiger charge is 2.32. The molecule has 0 bridgehead atoms. The Balaban J connectivity index is 1.79. The number of hydrogen-bond donors (Lipinski definition) is 3. The van der Waals surface area contributed by atoms with Gasteiger partial charge in [-0.05, 0) is 55.0 Å². The topological polar surface area (TPSA) is 97.9 Å². The van der Waals surface area contributed by atoms with Crippen LogP contribution in [-0.4, -0.2) is 37.8 Å². The molecule has 3 rings (SSSR count). The fourth-order valence-corrected chi connectivity index (χ4v) is 3.69. The first-order chi connectivity index (χ1) is 16.5. The quantitative estimate of drug-likeness (QED) is 0.384. The Morgan fingerprint density at radius 3 is 2.51 bits per heavy atom. The van der Waals surface area contributed by atoms with Crippen LogP contribution in [0.25, 0.3) is 0 Å². The molecule has 1 atom stereocenters. The molecule has 35 heavy (non-hydrogen) atoms. The molecule has 186 valence electrons. The highest BCUT2D eigenvalue weighted by atomic mass is 32.1. The number of thiocarbonyl (C=S) groups is 1. The van der Waals surface area contributed by atoms with Gasteiger partial charge in [-0.1, -0.05) is 12.1 Å². The summed E-state index contributed by atoms with van der Waals surface area (Å²) in [7, 11) is 2.67. The number of ether oxygens (including phenoxy) is 3. The minimum Gasteiger partial charge on any atom is -0.493 e. The van der Waals surface area contributed by atoms with E-state index in [0.717, 1.165) is 12.1 Å². The van der Waals surface area contributed by atoms with Gasteiger partial charge in [-0.3, -0.25) is 4.79 Å². The molecule has 0 saturated carbocycles. The number of anilines is 1. The number of hydrogen-bond acceptors (Lipinski definition) is 6. The van der Waals surface area contributed by atoms with Gasteiger partial charge in [-0.15, -0.1) is 0 Å². The van der Waals surface area contributed by atoms with E-state index >= 15 is 0 Å². The lowest BCUT2D eigenvalue weighted by Gasteiger charge is -2.30. The minimum atomic E-state index is -4.54. The summed E-state index contributed by atoms with van der Waals surface area (Å²) in [6.45, 7) is 1.18. The van der Waals surface area contributed by atoms with Crippen LogP contribution in [-0.2, 0) is 20.5 Å². The maximum atomic E-state index is 12.9. The molecule has 1 aliphatic heterocycles. The molecule has 8 nitrogen and oxygen atoms in total. The Labute approximate surface area is 204 Å². The Hall–Kier alpha value is -3.80. The van der Waals surface area contributed by atoms with Crippen molar-refractivity contribution in [3.8, 4) is 11.5 Å². The maximum absolute atomic E-state index is 12.9. The molecule has 1 heterocycles. The van der Waals surface area contributed by atoms with Crippen LogP contribution >= 0.6 is 12.2 Å². The molecule has 2 aromatic carbocycles. The van der Waals surface area contributed by atoms with Crippen molar-refractivity contribution < 1.29 is 37.0 Å². The summed E-state index contributed by atoms with van der Waals surface area (Å²) in [6, 6.07) is 8.44. The number of halogens is 3. The zero-order valence-electron chi connectivity index (χ0n) is 18.9. The molecule has 2 aromatic rings. The monoisotopic (exact) mass is 509 g/mol. The first-order valence-electron chi connectivity index (χ1n) is 10.2. The van der Waals surface area contributed by atoms with Crippen molar-refractivity contribution in [1.29, 1.82) is 0 Å². The van der Waals surface area contributed by atoms with Crippen LogP contribution in [0.1, 0.15) is 24.1 Å². The molecule has 0 unspecified atom stereocenters. The number of methoxy groups -OCH3 is 2. The van der Waals surface area contributed by atoms with E-state index in [1.165, 1.54) is 26.4 Å². The third-order valence-corrected chi connectivity index (χ3v) is 5.25. The van der Waals surface area contributed by atoms with E-state index in [-0.39, 0.29) is 11.4 Å². The minimum absolute atomic E-state index is 0.0232. The van der Waals surface area contributed by atoms with Crippen molar-refractivity contribution in [2.75, 3.05) is 26.1 Å². The van der Waals surface area contributed by atoms with Crippen LogP contribution in [0.2, 0.25) is 0 Å². The summed E-state index contributed by atoms with van der Waals surface area (Å²) in [5.41, 5.74) is 0.485. The number of alkyl halides is 3. The van der Waals surface area contributed by atoms with E-state index in [1.807, 2.05) is 0 Å². The van der Waals surface area contributed by atoms with E-state index in [1.54, 1.807) is 25.1 Å². The number of allylic oxidation sites excluding steroid dienone is 1. The lowest BCUT2D eigenvalue weighted by molar-refractivity contribution is -0.138. The van der Waals surface area contributed by atoms with Gasteiger partial charge in [0.2, 0.25) is 0 Å². The van der Waals surface area contributed by atoms with Crippen molar-refractivity contribution >= 4 is 34.9 Å². The molecular weight excluding hydrogens is 487 g/mol. The molecular formula is C23H22F3N3O5S. The van der Waals surface area contributed by atoms with Gasteiger partial charge in [0.05, 0.1) is 31.4 Å². The lowest BCUT2D eigenvalue weighted by Crippen LogP contribution is -2.45. The second kappa shape index (κ2) is 10.6.